The summed E-state index contributed by atoms with van der Waals surface area (Å²) in [5.41, 5.74) is 4.52. The van der Waals surface area contributed by atoms with Gasteiger partial charge in [-0.25, -0.2) is 4.98 Å². The number of rotatable bonds is 8. The van der Waals surface area contributed by atoms with Crippen LogP contribution in [-0.4, -0.2) is 23.2 Å². The van der Waals surface area contributed by atoms with E-state index in [1.807, 2.05) is 42.5 Å². The number of aromatic nitrogens is 1. The highest BCUT2D eigenvalue weighted by Gasteiger charge is 2.11. The second-order valence-electron chi connectivity index (χ2n) is 5.84. The number of nitrogens with one attached hydrogen (secondary N) is 1. The number of anilines is 1. The molecule has 0 aliphatic heterocycles. The SMILES string of the molecule is COc1cc(/C=N/Nc2ccc([N+](=O)[O-])cn2)cc(I)c1OCc1ccccc1. The number of nitrogens with zero attached hydrogens (tertiary/aromatic N) is 3. The molecular weight excluding hydrogens is 487 g/mol. The van der Waals surface area contributed by atoms with Gasteiger partial charge in [-0.1, -0.05) is 30.3 Å². The zero-order valence-electron chi connectivity index (χ0n) is 15.4. The number of pyridine rings is 1. The van der Waals surface area contributed by atoms with Crippen molar-refractivity contribution in [3.63, 3.8) is 0 Å². The smallest absolute Gasteiger partial charge is 0.287 e. The Balaban J connectivity index is 1.69. The molecule has 0 fully saturated rings. The lowest BCUT2D eigenvalue weighted by Crippen LogP contribution is -2.01. The second kappa shape index (κ2) is 9.82. The van der Waals surface area contributed by atoms with Crippen molar-refractivity contribution in [2.24, 2.45) is 5.10 Å². The molecule has 148 valence electrons. The van der Waals surface area contributed by atoms with Crippen LogP contribution < -0.4 is 14.9 Å². The number of hydrazone groups is 1. The maximum Gasteiger partial charge on any atom is 0.287 e. The number of benzene rings is 2. The van der Waals surface area contributed by atoms with Crippen LogP contribution in [0.2, 0.25) is 0 Å². The molecule has 0 amide bonds. The lowest BCUT2D eigenvalue weighted by atomic mass is 10.2. The summed E-state index contributed by atoms with van der Waals surface area (Å²) in [5, 5.41) is 14.8. The monoisotopic (exact) mass is 504 g/mol. The van der Waals surface area contributed by atoms with Gasteiger partial charge in [0.15, 0.2) is 11.5 Å². The summed E-state index contributed by atoms with van der Waals surface area (Å²) >= 11 is 2.19. The van der Waals surface area contributed by atoms with Crippen molar-refractivity contribution in [1.29, 1.82) is 0 Å². The Morgan fingerprint density at radius 2 is 2.03 bits per heavy atom. The Morgan fingerprint density at radius 3 is 2.69 bits per heavy atom. The Hall–Kier alpha value is -3.21. The third-order valence-electron chi connectivity index (χ3n) is 3.83. The molecule has 0 saturated heterocycles. The Kier molecular flexibility index (Phi) is 6.95. The number of nitro groups is 1. The number of hydrogen-bond donors (Lipinski definition) is 1. The standard InChI is InChI=1S/C20H17IN4O4/c1-28-18-10-15(11-23-24-19-8-7-16(12-22-19)25(26)27)9-17(21)20(18)29-13-14-5-3-2-4-6-14/h2-12H,13H2,1H3,(H,22,24)/b23-11+. The van der Waals surface area contributed by atoms with E-state index in [2.05, 4.69) is 38.1 Å². The van der Waals surface area contributed by atoms with Gasteiger partial charge in [-0.15, -0.1) is 0 Å². The van der Waals surface area contributed by atoms with Gasteiger partial charge in [0.05, 0.1) is 21.8 Å². The van der Waals surface area contributed by atoms with Gasteiger partial charge in [-0.2, -0.15) is 5.10 Å². The molecule has 0 unspecified atom stereocenters. The lowest BCUT2D eigenvalue weighted by Gasteiger charge is -2.13. The van der Waals surface area contributed by atoms with Crippen molar-refractivity contribution in [3.05, 3.63) is 85.6 Å². The number of ether oxygens (including phenoxy) is 2. The maximum absolute atomic E-state index is 10.7. The van der Waals surface area contributed by atoms with Gasteiger partial charge in [0.1, 0.15) is 18.6 Å². The first-order valence-corrected chi connectivity index (χ1v) is 9.58. The van der Waals surface area contributed by atoms with E-state index in [0.717, 1.165) is 14.7 Å². The molecule has 3 rings (SSSR count). The van der Waals surface area contributed by atoms with Gasteiger partial charge in [0.2, 0.25) is 0 Å². The minimum absolute atomic E-state index is 0.0788. The molecule has 8 nitrogen and oxygen atoms in total. The van der Waals surface area contributed by atoms with Crippen LogP contribution in [-0.2, 0) is 6.61 Å². The van der Waals surface area contributed by atoms with E-state index < -0.39 is 4.92 Å². The zero-order chi connectivity index (χ0) is 20.6. The second-order valence-corrected chi connectivity index (χ2v) is 7.00. The van der Waals surface area contributed by atoms with Gasteiger partial charge < -0.3 is 9.47 Å². The van der Waals surface area contributed by atoms with E-state index in [1.54, 1.807) is 13.3 Å². The Morgan fingerprint density at radius 1 is 1.24 bits per heavy atom. The predicted octanol–water partition coefficient (Wildman–Crippen LogP) is 4.63. The van der Waals surface area contributed by atoms with E-state index in [0.29, 0.717) is 23.9 Å². The van der Waals surface area contributed by atoms with Crippen LogP contribution in [0.25, 0.3) is 0 Å². The Labute approximate surface area is 180 Å². The number of methoxy groups -OCH3 is 1. The van der Waals surface area contributed by atoms with Crippen LogP contribution in [0.1, 0.15) is 11.1 Å². The first kappa shape index (κ1) is 20.5. The largest absolute Gasteiger partial charge is 0.493 e. The van der Waals surface area contributed by atoms with Crippen LogP contribution in [0, 0.1) is 13.7 Å². The molecule has 1 N–H and O–H groups in total. The molecule has 0 saturated carbocycles. The summed E-state index contributed by atoms with van der Waals surface area (Å²) in [6.07, 6.45) is 2.78. The van der Waals surface area contributed by atoms with Crippen LogP contribution in [0.5, 0.6) is 11.5 Å². The molecular formula is C20H17IN4O4. The summed E-state index contributed by atoms with van der Waals surface area (Å²) in [6.45, 7) is 0.438. The minimum atomic E-state index is -0.504. The molecule has 0 spiro atoms. The molecule has 29 heavy (non-hydrogen) atoms. The fourth-order valence-electron chi connectivity index (χ4n) is 2.42. The van der Waals surface area contributed by atoms with Gasteiger partial charge in [0, 0.05) is 6.07 Å². The van der Waals surface area contributed by atoms with Crippen LogP contribution in [0.4, 0.5) is 11.5 Å². The normalized spacial score (nSPS) is 10.7. The summed E-state index contributed by atoms with van der Waals surface area (Å²) in [6, 6.07) is 16.5. The van der Waals surface area contributed by atoms with E-state index in [9.17, 15) is 10.1 Å². The molecule has 0 bridgehead atoms. The molecule has 3 aromatic rings. The van der Waals surface area contributed by atoms with Gasteiger partial charge >= 0.3 is 0 Å². The number of hydrogen-bond acceptors (Lipinski definition) is 7. The third-order valence-corrected chi connectivity index (χ3v) is 4.63. The third kappa shape index (κ3) is 5.64. The van der Waals surface area contributed by atoms with Crippen molar-refractivity contribution in [1.82, 2.24) is 4.98 Å². The van der Waals surface area contributed by atoms with Gasteiger partial charge in [0.25, 0.3) is 5.69 Å². The average Bonchev–Trinajstić information content (AvgIpc) is 2.73. The summed E-state index contributed by atoms with van der Waals surface area (Å²) < 4.78 is 12.3. The summed E-state index contributed by atoms with van der Waals surface area (Å²) in [4.78, 5) is 14.1. The summed E-state index contributed by atoms with van der Waals surface area (Å²) in [5.74, 6) is 1.66. The van der Waals surface area contributed by atoms with Crippen molar-refractivity contribution in [3.8, 4) is 11.5 Å². The van der Waals surface area contributed by atoms with Crippen molar-refractivity contribution >= 4 is 40.3 Å². The van der Waals surface area contributed by atoms with Crippen LogP contribution >= 0.6 is 22.6 Å². The zero-order valence-corrected chi connectivity index (χ0v) is 17.6. The van der Waals surface area contributed by atoms with Crippen LogP contribution in [0.3, 0.4) is 0 Å². The Bertz CT molecular complexity index is 1010. The first-order valence-electron chi connectivity index (χ1n) is 8.50. The maximum atomic E-state index is 10.7. The fourth-order valence-corrected chi connectivity index (χ4v) is 3.20. The first-order chi connectivity index (χ1) is 14.1. The van der Waals surface area contributed by atoms with Gasteiger partial charge in [-0.3, -0.25) is 15.5 Å². The van der Waals surface area contributed by atoms with Crippen molar-refractivity contribution in [2.45, 2.75) is 6.61 Å². The molecule has 1 aromatic heterocycles. The predicted molar refractivity (Wildman–Crippen MR) is 119 cm³/mol. The minimum Gasteiger partial charge on any atom is -0.493 e. The van der Waals surface area contributed by atoms with E-state index in [1.165, 1.54) is 18.3 Å². The number of halogens is 1. The average molecular weight is 504 g/mol. The molecule has 9 heteroatoms. The summed E-state index contributed by atoms with van der Waals surface area (Å²) in [7, 11) is 1.58. The molecule has 0 atom stereocenters. The topological polar surface area (TPSA) is 98.9 Å². The quantitative estimate of drug-likeness (QED) is 0.208. The van der Waals surface area contributed by atoms with Crippen LogP contribution in [0.15, 0.2) is 65.9 Å². The van der Waals surface area contributed by atoms with Crippen molar-refractivity contribution in [2.75, 3.05) is 12.5 Å². The fraction of sp³-hybridized carbons (Fsp3) is 0.100. The highest BCUT2D eigenvalue weighted by Crippen LogP contribution is 2.34. The van der Waals surface area contributed by atoms with E-state index >= 15 is 0 Å². The molecule has 0 aliphatic rings. The lowest BCUT2D eigenvalue weighted by molar-refractivity contribution is -0.385. The molecule has 1 heterocycles. The molecule has 0 radical (unpaired) electrons. The highest BCUT2D eigenvalue weighted by atomic mass is 127. The van der Waals surface area contributed by atoms with E-state index in [-0.39, 0.29) is 5.69 Å². The molecule has 0 aliphatic carbocycles. The van der Waals surface area contributed by atoms with E-state index in [4.69, 9.17) is 9.47 Å². The molecule has 2 aromatic carbocycles. The van der Waals surface area contributed by atoms with Gasteiger partial charge in [-0.05, 0) is 51.9 Å². The van der Waals surface area contributed by atoms with Crippen molar-refractivity contribution < 1.29 is 14.4 Å². The highest BCUT2D eigenvalue weighted by molar-refractivity contribution is 14.1.